The summed E-state index contributed by atoms with van der Waals surface area (Å²) in [5, 5.41) is 3.17. The van der Waals surface area contributed by atoms with Crippen molar-refractivity contribution >= 4 is 27.3 Å². The Hall–Kier alpha value is 0.140. The van der Waals surface area contributed by atoms with E-state index in [2.05, 4.69) is 40.3 Å². The molecule has 0 radical (unpaired) electrons. The van der Waals surface area contributed by atoms with Crippen LogP contribution >= 0.6 is 27.3 Å². The first-order valence-corrected chi connectivity index (χ1v) is 5.75. The molecule has 1 heterocycles. The summed E-state index contributed by atoms with van der Waals surface area (Å²) in [4.78, 5) is 1.47. The predicted octanol–water partition coefficient (Wildman–Crippen LogP) is 3.22. The van der Waals surface area contributed by atoms with Gasteiger partial charge in [0.25, 0.3) is 0 Å². The molecule has 12 heavy (non-hydrogen) atoms. The standard InChI is InChI=1S/C9H14BrNS/c1-7(5-6-11-2)8-3-4-9(10)12-8/h3-4,7,11H,5-6H2,1-2H3. The first-order chi connectivity index (χ1) is 5.74. The minimum Gasteiger partial charge on any atom is -0.320 e. The summed E-state index contributed by atoms with van der Waals surface area (Å²) in [5.74, 6) is 0.675. The first kappa shape index (κ1) is 10.2. The Bertz CT molecular complexity index is 234. The largest absolute Gasteiger partial charge is 0.320 e. The molecule has 0 amide bonds. The van der Waals surface area contributed by atoms with E-state index in [1.54, 1.807) is 0 Å². The van der Waals surface area contributed by atoms with Crippen molar-refractivity contribution in [3.05, 3.63) is 20.8 Å². The zero-order valence-electron chi connectivity index (χ0n) is 7.43. The van der Waals surface area contributed by atoms with Gasteiger partial charge in [0.05, 0.1) is 3.79 Å². The van der Waals surface area contributed by atoms with Crippen LogP contribution in [-0.4, -0.2) is 13.6 Å². The van der Waals surface area contributed by atoms with E-state index < -0.39 is 0 Å². The van der Waals surface area contributed by atoms with E-state index in [9.17, 15) is 0 Å². The second-order valence-electron chi connectivity index (χ2n) is 2.94. The molecule has 0 bridgehead atoms. The van der Waals surface area contributed by atoms with Crippen molar-refractivity contribution in [2.75, 3.05) is 13.6 Å². The van der Waals surface area contributed by atoms with Crippen molar-refractivity contribution in [3.8, 4) is 0 Å². The molecule has 0 aliphatic rings. The lowest BCUT2D eigenvalue weighted by molar-refractivity contribution is 0.644. The van der Waals surface area contributed by atoms with Crippen molar-refractivity contribution in [1.29, 1.82) is 0 Å². The van der Waals surface area contributed by atoms with Crippen LogP contribution in [0.3, 0.4) is 0 Å². The highest BCUT2D eigenvalue weighted by molar-refractivity contribution is 9.11. The predicted molar refractivity (Wildman–Crippen MR) is 59.0 cm³/mol. The molecule has 0 fully saturated rings. The molecule has 68 valence electrons. The van der Waals surface area contributed by atoms with Gasteiger partial charge in [-0.3, -0.25) is 0 Å². The minimum atomic E-state index is 0.675. The third kappa shape index (κ3) is 2.88. The average molecular weight is 248 g/mol. The summed E-state index contributed by atoms with van der Waals surface area (Å²) in [6.07, 6.45) is 1.21. The van der Waals surface area contributed by atoms with Crippen LogP contribution in [-0.2, 0) is 0 Å². The van der Waals surface area contributed by atoms with Crippen LogP contribution < -0.4 is 5.32 Å². The summed E-state index contributed by atoms with van der Waals surface area (Å²) < 4.78 is 1.23. The fraction of sp³-hybridized carbons (Fsp3) is 0.556. The smallest absolute Gasteiger partial charge is 0.0701 e. The molecule has 1 aromatic rings. The molecule has 1 rings (SSSR count). The van der Waals surface area contributed by atoms with Crippen LogP contribution in [0.1, 0.15) is 24.1 Å². The van der Waals surface area contributed by atoms with Gasteiger partial charge in [0, 0.05) is 4.88 Å². The molecular weight excluding hydrogens is 234 g/mol. The fourth-order valence-corrected chi connectivity index (χ4v) is 2.61. The molecule has 3 heteroatoms. The third-order valence-electron chi connectivity index (χ3n) is 1.91. The molecule has 1 atom stereocenters. The lowest BCUT2D eigenvalue weighted by Gasteiger charge is -2.07. The van der Waals surface area contributed by atoms with Gasteiger partial charge in [-0.2, -0.15) is 0 Å². The number of halogens is 1. The SMILES string of the molecule is CNCCC(C)c1ccc(Br)s1. The number of hydrogen-bond donors (Lipinski definition) is 1. The van der Waals surface area contributed by atoms with Crippen LogP contribution in [0.15, 0.2) is 15.9 Å². The van der Waals surface area contributed by atoms with Gasteiger partial charge in [-0.05, 0) is 54.0 Å². The molecule has 0 aliphatic heterocycles. The highest BCUT2D eigenvalue weighted by Crippen LogP contribution is 2.29. The lowest BCUT2D eigenvalue weighted by Crippen LogP contribution is -2.10. The van der Waals surface area contributed by atoms with E-state index in [0.29, 0.717) is 5.92 Å². The monoisotopic (exact) mass is 247 g/mol. The minimum absolute atomic E-state index is 0.675. The van der Waals surface area contributed by atoms with Crippen LogP contribution in [0.2, 0.25) is 0 Å². The van der Waals surface area contributed by atoms with Gasteiger partial charge < -0.3 is 5.32 Å². The number of nitrogens with one attached hydrogen (secondary N) is 1. The molecule has 1 unspecified atom stereocenters. The van der Waals surface area contributed by atoms with Gasteiger partial charge in [-0.25, -0.2) is 0 Å². The quantitative estimate of drug-likeness (QED) is 0.862. The van der Waals surface area contributed by atoms with Gasteiger partial charge in [0.15, 0.2) is 0 Å². The highest BCUT2D eigenvalue weighted by atomic mass is 79.9. The molecule has 0 aromatic carbocycles. The Morgan fingerprint density at radius 1 is 1.58 bits per heavy atom. The van der Waals surface area contributed by atoms with Gasteiger partial charge in [-0.1, -0.05) is 6.92 Å². The van der Waals surface area contributed by atoms with Crippen LogP contribution in [0.25, 0.3) is 0 Å². The molecule has 0 saturated carbocycles. The summed E-state index contributed by atoms with van der Waals surface area (Å²) in [5.41, 5.74) is 0. The second-order valence-corrected chi connectivity index (χ2v) is 5.43. The molecule has 1 nitrogen and oxygen atoms in total. The Morgan fingerprint density at radius 3 is 2.83 bits per heavy atom. The Balaban J connectivity index is 2.47. The number of rotatable bonds is 4. The summed E-state index contributed by atoms with van der Waals surface area (Å²) >= 11 is 5.31. The molecule has 1 aromatic heterocycles. The van der Waals surface area contributed by atoms with Crippen molar-refractivity contribution in [2.24, 2.45) is 0 Å². The number of hydrogen-bond acceptors (Lipinski definition) is 2. The molecule has 1 N–H and O–H groups in total. The zero-order chi connectivity index (χ0) is 8.97. The van der Waals surface area contributed by atoms with Gasteiger partial charge in [0.2, 0.25) is 0 Å². The molecular formula is C9H14BrNS. The first-order valence-electron chi connectivity index (χ1n) is 4.14. The third-order valence-corrected chi connectivity index (χ3v) is 3.76. The van der Waals surface area contributed by atoms with Gasteiger partial charge >= 0.3 is 0 Å². The average Bonchev–Trinajstić information content (AvgIpc) is 2.47. The second kappa shape index (κ2) is 5.00. The summed E-state index contributed by atoms with van der Waals surface area (Å²) in [6.45, 7) is 3.37. The van der Waals surface area contributed by atoms with Crippen molar-refractivity contribution in [2.45, 2.75) is 19.3 Å². The fourth-order valence-electron chi connectivity index (χ4n) is 1.10. The van der Waals surface area contributed by atoms with Gasteiger partial charge in [-0.15, -0.1) is 11.3 Å². The Morgan fingerprint density at radius 2 is 2.33 bits per heavy atom. The lowest BCUT2D eigenvalue weighted by atomic mass is 10.1. The Kier molecular flexibility index (Phi) is 4.26. The maximum Gasteiger partial charge on any atom is 0.0701 e. The van der Waals surface area contributed by atoms with Crippen molar-refractivity contribution in [1.82, 2.24) is 5.32 Å². The maximum atomic E-state index is 3.47. The Labute approximate surface area is 86.3 Å². The van der Waals surface area contributed by atoms with E-state index in [1.165, 1.54) is 15.1 Å². The van der Waals surface area contributed by atoms with Crippen LogP contribution in [0.5, 0.6) is 0 Å². The summed E-state index contributed by atoms with van der Waals surface area (Å²) in [6, 6.07) is 4.32. The van der Waals surface area contributed by atoms with E-state index in [0.717, 1.165) is 6.54 Å². The normalized spacial score (nSPS) is 13.2. The number of thiophene rings is 1. The van der Waals surface area contributed by atoms with Crippen molar-refractivity contribution < 1.29 is 0 Å². The zero-order valence-corrected chi connectivity index (χ0v) is 9.83. The van der Waals surface area contributed by atoms with E-state index >= 15 is 0 Å². The van der Waals surface area contributed by atoms with Crippen molar-refractivity contribution in [3.63, 3.8) is 0 Å². The van der Waals surface area contributed by atoms with Crippen LogP contribution in [0.4, 0.5) is 0 Å². The highest BCUT2D eigenvalue weighted by Gasteiger charge is 2.06. The topological polar surface area (TPSA) is 12.0 Å². The van der Waals surface area contributed by atoms with Gasteiger partial charge in [0.1, 0.15) is 0 Å². The van der Waals surface area contributed by atoms with E-state index in [4.69, 9.17) is 0 Å². The molecule has 0 spiro atoms. The molecule has 0 aliphatic carbocycles. The van der Waals surface area contributed by atoms with E-state index in [-0.39, 0.29) is 0 Å². The van der Waals surface area contributed by atoms with E-state index in [1.807, 2.05) is 18.4 Å². The molecule has 0 saturated heterocycles. The summed E-state index contributed by atoms with van der Waals surface area (Å²) in [7, 11) is 2.00. The van der Waals surface area contributed by atoms with Crippen LogP contribution in [0, 0.1) is 0 Å². The maximum absolute atomic E-state index is 3.47.